The van der Waals surface area contributed by atoms with E-state index < -0.39 is 0 Å². The molecule has 6 nitrogen and oxygen atoms in total. The molecule has 0 bridgehead atoms. The molecule has 2 aromatic carbocycles. The molecule has 1 amide bonds. The molecule has 0 aliphatic carbocycles. The number of carbonyl (C=O) groups excluding carboxylic acids is 2. The molecular formula is C20H22N2O4. The highest BCUT2D eigenvalue weighted by Gasteiger charge is 2.21. The number of ether oxygens (including phenoxy) is 2. The molecule has 2 aromatic rings. The van der Waals surface area contributed by atoms with E-state index in [1.165, 1.54) is 6.92 Å². The number of rotatable bonds is 7. The summed E-state index contributed by atoms with van der Waals surface area (Å²) in [6.45, 7) is 5.25. The summed E-state index contributed by atoms with van der Waals surface area (Å²) in [5.41, 5.74) is 2.01. The zero-order chi connectivity index (χ0) is 18.5. The standard InChI is InChI=1S/C20H22N2O4/c1-3-22(11-15-7-5-4-6-8-15)12-20(24)21-17-10-19-18(25-13-26-19)9-16(17)14(2)23/h4-10H,3,11-13H2,1-2H3,(H,21,24). The highest BCUT2D eigenvalue weighted by atomic mass is 16.7. The Labute approximate surface area is 152 Å². The highest BCUT2D eigenvalue weighted by Crippen LogP contribution is 2.37. The van der Waals surface area contributed by atoms with Crippen LogP contribution >= 0.6 is 0 Å². The molecule has 1 heterocycles. The normalized spacial score (nSPS) is 12.3. The van der Waals surface area contributed by atoms with Gasteiger partial charge in [-0.3, -0.25) is 14.5 Å². The summed E-state index contributed by atoms with van der Waals surface area (Å²) >= 11 is 0. The molecule has 0 aromatic heterocycles. The first-order chi connectivity index (χ1) is 12.6. The van der Waals surface area contributed by atoms with Crippen molar-refractivity contribution in [2.75, 3.05) is 25.2 Å². The van der Waals surface area contributed by atoms with Gasteiger partial charge in [0, 0.05) is 18.2 Å². The number of anilines is 1. The van der Waals surface area contributed by atoms with Crippen molar-refractivity contribution in [1.82, 2.24) is 4.90 Å². The van der Waals surface area contributed by atoms with Crippen LogP contribution in [0.1, 0.15) is 29.8 Å². The van der Waals surface area contributed by atoms with Crippen molar-refractivity contribution >= 4 is 17.4 Å². The second kappa shape index (κ2) is 8.01. The molecule has 0 saturated carbocycles. The zero-order valence-corrected chi connectivity index (χ0v) is 15.0. The molecule has 1 N–H and O–H groups in total. The third-order valence-corrected chi connectivity index (χ3v) is 4.23. The van der Waals surface area contributed by atoms with Gasteiger partial charge in [0.1, 0.15) is 0 Å². The number of fused-ring (bicyclic) bond motifs is 1. The van der Waals surface area contributed by atoms with Gasteiger partial charge in [-0.15, -0.1) is 0 Å². The first-order valence-corrected chi connectivity index (χ1v) is 8.57. The van der Waals surface area contributed by atoms with E-state index in [9.17, 15) is 9.59 Å². The van der Waals surface area contributed by atoms with Crippen molar-refractivity contribution in [3.05, 3.63) is 53.6 Å². The van der Waals surface area contributed by atoms with Crippen molar-refractivity contribution in [3.8, 4) is 11.5 Å². The summed E-state index contributed by atoms with van der Waals surface area (Å²) in [5.74, 6) is 0.730. The number of hydrogen-bond donors (Lipinski definition) is 1. The van der Waals surface area contributed by atoms with Crippen LogP contribution in [0.15, 0.2) is 42.5 Å². The Kier molecular flexibility index (Phi) is 5.53. The van der Waals surface area contributed by atoms with E-state index in [2.05, 4.69) is 5.32 Å². The first kappa shape index (κ1) is 17.9. The number of carbonyl (C=O) groups is 2. The van der Waals surface area contributed by atoms with Gasteiger partial charge in [-0.25, -0.2) is 0 Å². The van der Waals surface area contributed by atoms with Crippen molar-refractivity contribution in [3.63, 3.8) is 0 Å². The molecule has 0 atom stereocenters. The van der Waals surface area contributed by atoms with Crippen LogP contribution in [0.5, 0.6) is 11.5 Å². The van der Waals surface area contributed by atoms with Crippen LogP contribution in [0.2, 0.25) is 0 Å². The maximum absolute atomic E-state index is 12.5. The molecule has 6 heteroatoms. The van der Waals surface area contributed by atoms with Gasteiger partial charge in [0.05, 0.1) is 12.2 Å². The molecule has 3 rings (SSSR count). The smallest absolute Gasteiger partial charge is 0.238 e. The first-order valence-electron chi connectivity index (χ1n) is 8.57. The minimum atomic E-state index is -0.177. The lowest BCUT2D eigenvalue weighted by molar-refractivity contribution is -0.117. The number of ketones is 1. The molecule has 0 radical (unpaired) electrons. The summed E-state index contributed by atoms with van der Waals surface area (Å²) < 4.78 is 10.6. The average Bonchev–Trinajstić information content (AvgIpc) is 3.08. The topological polar surface area (TPSA) is 67.9 Å². The minimum absolute atomic E-state index is 0.116. The van der Waals surface area contributed by atoms with Crippen LogP contribution in [-0.2, 0) is 11.3 Å². The predicted octanol–water partition coefficient (Wildman–Crippen LogP) is 3.08. The molecule has 0 unspecified atom stereocenters. The van der Waals surface area contributed by atoms with Crippen molar-refractivity contribution in [1.29, 1.82) is 0 Å². The molecule has 26 heavy (non-hydrogen) atoms. The Morgan fingerprint density at radius 2 is 1.81 bits per heavy atom. The Morgan fingerprint density at radius 1 is 1.12 bits per heavy atom. The largest absolute Gasteiger partial charge is 0.454 e. The lowest BCUT2D eigenvalue weighted by Gasteiger charge is -2.20. The van der Waals surface area contributed by atoms with Crippen molar-refractivity contribution < 1.29 is 19.1 Å². The molecule has 1 aliphatic heterocycles. The van der Waals surface area contributed by atoms with Gasteiger partial charge in [-0.1, -0.05) is 37.3 Å². The fraction of sp³-hybridized carbons (Fsp3) is 0.300. The van der Waals surface area contributed by atoms with Crippen molar-refractivity contribution in [2.45, 2.75) is 20.4 Å². The number of likely N-dealkylation sites (N-methyl/N-ethyl adjacent to an activating group) is 1. The number of hydrogen-bond acceptors (Lipinski definition) is 5. The van der Waals surface area contributed by atoms with Crippen LogP contribution in [-0.4, -0.2) is 36.5 Å². The number of Topliss-reactive ketones (excluding diaryl/α,β-unsaturated/α-hetero) is 1. The van der Waals surface area contributed by atoms with E-state index in [0.717, 1.165) is 12.1 Å². The number of nitrogens with zero attached hydrogens (tertiary/aromatic N) is 1. The van der Waals surface area contributed by atoms with E-state index in [4.69, 9.17) is 9.47 Å². The Bertz CT molecular complexity index is 805. The zero-order valence-electron chi connectivity index (χ0n) is 15.0. The number of amides is 1. The molecule has 1 aliphatic rings. The number of nitrogens with one attached hydrogen (secondary N) is 1. The summed E-state index contributed by atoms with van der Waals surface area (Å²) in [6, 6.07) is 13.3. The van der Waals surface area contributed by atoms with Crippen molar-refractivity contribution in [2.24, 2.45) is 0 Å². The average molecular weight is 354 g/mol. The van der Waals surface area contributed by atoms with Gasteiger partial charge in [0.15, 0.2) is 17.3 Å². The second-order valence-corrected chi connectivity index (χ2v) is 6.14. The van der Waals surface area contributed by atoms with Crippen LogP contribution in [0.3, 0.4) is 0 Å². The molecule has 0 fully saturated rings. The Hall–Kier alpha value is -2.86. The molecule has 0 saturated heterocycles. The highest BCUT2D eigenvalue weighted by molar-refractivity contribution is 6.05. The Morgan fingerprint density at radius 3 is 2.46 bits per heavy atom. The van der Waals surface area contributed by atoms with Gasteiger partial charge in [0.2, 0.25) is 12.7 Å². The molecule has 136 valence electrons. The van der Waals surface area contributed by atoms with E-state index in [1.54, 1.807) is 12.1 Å². The van der Waals surface area contributed by atoms with Gasteiger partial charge in [0.25, 0.3) is 0 Å². The Balaban J connectivity index is 1.70. The van der Waals surface area contributed by atoms with E-state index >= 15 is 0 Å². The van der Waals surface area contributed by atoms with Crippen LogP contribution in [0, 0.1) is 0 Å². The summed E-state index contributed by atoms with van der Waals surface area (Å²) in [6.07, 6.45) is 0. The van der Waals surface area contributed by atoms with Crippen LogP contribution in [0.4, 0.5) is 5.69 Å². The quantitative estimate of drug-likeness (QED) is 0.774. The molecule has 0 spiro atoms. The van der Waals surface area contributed by atoms with E-state index in [-0.39, 0.29) is 25.0 Å². The lowest BCUT2D eigenvalue weighted by atomic mass is 10.1. The third kappa shape index (κ3) is 4.21. The van der Waals surface area contributed by atoms with E-state index in [0.29, 0.717) is 29.3 Å². The van der Waals surface area contributed by atoms with E-state index in [1.807, 2.05) is 42.2 Å². The van der Waals surface area contributed by atoms with Crippen LogP contribution in [0.25, 0.3) is 0 Å². The fourth-order valence-electron chi connectivity index (χ4n) is 2.85. The van der Waals surface area contributed by atoms with Gasteiger partial charge in [-0.05, 0) is 25.1 Å². The second-order valence-electron chi connectivity index (χ2n) is 6.14. The number of benzene rings is 2. The maximum Gasteiger partial charge on any atom is 0.238 e. The van der Waals surface area contributed by atoms with Gasteiger partial charge < -0.3 is 14.8 Å². The minimum Gasteiger partial charge on any atom is -0.454 e. The summed E-state index contributed by atoms with van der Waals surface area (Å²) in [4.78, 5) is 26.5. The maximum atomic E-state index is 12.5. The lowest BCUT2D eigenvalue weighted by Crippen LogP contribution is -2.33. The summed E-state index contributed by atoms with van der Waals surface area (Å²) in [5, 5.41) is 2.84. The fourth-order valence-corrected chi connectivity index (χ4v) is 2.85. The predicted molar refractivity (Wildman–Crippen MR) is 98.6 cm³/mol. The monoisotopic (exact) mass is 354 g/mol. The third-order valence-electron chi connectivity index (χ3n) is 4.23. The summed E-state index contributed by atoms with van der Waals surface area (Å²) in [7, 11) is 0. The van der Waals surface area contributed by atoms with Gasteiger partial charge in [-0.2, -0.15) is 0 Å². The molecular weight excluding hydrogens is 332 g/mol. The van der Waals surface area contributed by atoms with Crippen LogP contribution < -0.4 is 14.8 Å². The van der Waals surface area contributed by atoms with Gasteiger partial charge >= 0.3 is 0 Å². The SMILES string of the molecule is CCN(CC(=O)Nc1cc2c(cc1C(C)=O)OCO2)Cc1ccccc1.